The first-order valence-corrected chi connectivity index (χ1v) is 13.9. The van der Waals surface area contributed by atoms with E-state index >= 15 is 0 Å². The summed E-state index contributed by atoms with van der Waals surface area (Å²) in [6.07, 6.45) is 4.80. The molecule has 1 N–H and O–H groups in total. The maximum atomic E-state index is 12.8. The lowest BCUT2D eigenvalue weighted by molar-refractivity contribution is -0.137. The number of carbonyl (C=O) groups is 1. The fourth-order valence-corrected chi connectivity index (χ4v) is 7.70. The fraction of sp³-hybridized carbons (Fsp3) is 0.708. The molecule has 9 heteroatoms. The normalized spacial score (nSPS) is 26.2. The molecule has 3 fully saturated rings. The van der Waals surface area contributed by atoms with Gasteiger partial charge >= 0.3 is 6.18 Å². The van der Waals surface area contributed by atoms with Crippen molar-refractivity contribution in [3.8, 4) is 0 Å². The van der Waals surface area contributed by atoms with Crippen molar-refractivity contribution in [2.75, 3.05) is 12.3 Å². The second-order valence-electron chi connectivity index (χ2n) is 10.3. The first kappa shape index (κ1) is 24.8. The summed E-state index contributed by atoms with van der Waals surface area (Å²) in [4.78, 5) is 12.5. The van der Waals surface area contributed by atoms with Crippen LogP contribution in [0.4, 0.5) is 13.2 Å². The molecule has 0 heterocycles. The number of nitrogens with one attached hydrogen (secondary N) is 1. The number of carbonyl (C=O) groups excluding carboxylic acids is 1. The Morgan fingerprint density at radius 2 is 1.70 bits per heavy atom. The number of amides is 1. The van der Waals surface area contributed by atoms with E-state index in [9.17, 15) is 26.4 Å². The van der Waals surface area contributed by atoms with Gasteiger partial charge in [-0.05, 0) is 86.8 Å². The van der Waals surface area contributed by atoms with Gasteiger partial charge in [0.15, 0.2) is 9.84 Å². The molecule has 0 spiro atoms. The number of rotatable bonds is 9. The highest BCUT2D eigenvalue weighted by molar-refractivity contribution is 7.92. The molecule has 0 aromatic heterocycles. The molecule has 3 saturated carbocycles. The number of halogens is 4. The lowest BCUT2D eigenvalue weighted by atomic mass is 9.68. The molecule has 0 radical (unpaired) electrons. The van der Waals surface area contributed by atoms with Gasteiger partial charge in [0.25, 0.3) is 5.91 Å². The van der Waals surface area contributed by atoms with Crippen molar-refractivity contribution in [2.24, 2.45) is 17.3 Å². The van der Waals surface area contributed by atoms with Gasteiger partial charge in [-0.25, -0.2) is 8.42 Å². The summed E-state index contributed by atoms with van der Waals surface area (Å²) in [6, 6.07) is 2.74. The van der Waals surface area contributed by atoms with Crippen LogP contribution in [0.3, 0.4) is 0 Å². The fourth-order valence-electron chi connectivity index (χ4n) is 5.21. The van der Waals surface area contributed by atoms with Gasteiger partial charge in [-0.1, -0.05) is 24.4 Å². The monoisotopic (exact) mass is 505 g/mol. The zero-order chi connectivity index (χ0) is 23.9. The Bertz CT molecular complexity index is 979. The molecule has 33 heavy (non-hydrogen) atoms. The highest BCUT2D eigenvalue weighted by Gasteiger charge is 2.43. The minimum Gasteiger partial charge on any atom is -0.352 e. The predicted octanol–water partition coefficient (Wildman–Crippen LogP) is 6.03. The van der Waals surface area contributed by atoms with Crippen LogP contribution in [0.15, 0.2) is 18.2 Å². The van der Waals surface area contributed by atoms with E-state index in [1.54, 1.807) is 0 Å². The Hall–Kier alpha value is -1.28. The van der Waals surface area contributed by atoms with Crippen molar-refractivity contribution >= 4 is 27.3 Å². The van der Waals surface area contributed by atoms with Crippen LogP contribution in [0.5, 0.6) is 0 Å². The minimum atomic E-state index is -4.52. The van der Waals surface area contributed by atoms with Crippen LogP contribution in [0.2, 0.25) is 5.02 Å². The van der Waals surface area contributed by atoms with Gasteiger partial charge in [-0.2, -0.15) is 13.2 Å². The number of hydrogen-bond acceptors (Lipinski definition) is 3. The molecule has 0 aliphatic heterocycles. The van der Waals surface area contributed by atoms with Crippen LogP contribution < -0.4 is 5.32 Å². The van der Waals surface area contributed by atoms with E-state index < -0.39 is 27.5 Å². The Balaban J connectivity index is 1.33. The summed E-state index contributed by atoms with van der Waals surface area (Å²) in [5.41, 5.74) is -0.846. The topological polar surface area (TPSA) is 63.2 Å². The molecule has 0 bridgehead atoms. The van der Waals surface area contributed by atoms with E-state index in [0.29, 0.717) is 37.0 Å². The summed E-state index contributed by atoms with van der Waals surface area (Å²) in [5, 5.41) is 2.35. The highest BCUT2D eigenvalue weighted by Crippen LogP contribution is 2.50. The highest BCUT2D eigenvalue weighted by atomic mass is 35.5. The molecule has 1 amide bonds. The van der Waals surface area contributed by atoms with Gasteiger partial charge in [-0.3, -0.25) is 4.79 Å². The quantitative estimate of drug-likeness (QED) is 0.445. The van der Waals surface area contributed by atoms with E-state index in [1.165, 1.54) is 12.8 Å². The molecule has 3 aliphatic rings. The van der Waals surface area contributed by atoms with Gasteiger partial charge in [0.05, 0.1) is 27.2 Å². The SMILES string of the molecule is O=C(NCCC1(CC2CC2)CCC(S(=O)(=O)CC2CC2)CC1)c1ccc(C(F)(F)F)cc1Cl. The third kappa shape index (κ3) is 6.44. The van der Waals surface area contributed by atoms with E-state index in [2.05, 4.69) is 5.32 Å². The van der Waals surface area contributed by atoms with Crippen LogP contribution in [0.25, 0.3) is 0 Å². The molecule has 0 atom stereocenters. The van der Waals surface area contributed by atoms with Gasteiger partial charge in [0.2, 0.25) is 0 Å². The summed E-state index contributed by atoms with van der Waals surface area (Å²) in [5.74, 6) is 0.887. The smallest absolute Gasteiger partial charge is 0.352 e. The first-order valence-electron chi connectivity index (χ1n) is 11.8. The second kappa shape index (κ2) is 9.40. The predicted molar refractivity (Wildman–Crippen MR) is 122 cm³/mol. The molecule has 1 aromatic carbocycles. The van der Waals surface area contributed by atoms with Crippen molar-refractivity contribution in [1.82, 2.24) is 5.32 Å². The van der Waals surface area contributed by atoms with Crippen LogP contribution in [-0.2, 0) is 16.0 Å². The van der Waals surface area contributed by atoms with Crippen molar-refractivity contribution < 1.29 is 26.4 Å². The molecule has 0 saturated heterocycles. The molecular formula is C24H31ClF3NO3S. The number of alkyl halides is 3. The number of hydrogen-bond donors (Lipinski definition) is 1. The van der Waals surface area contributed by atoms with Crippen LogP contribution >= 0.6 is 11.6 Å². The van der Waals surface area contributed by atoms with E-state index in [0.717, 1.165) is 56.7 Å². The Labute approximate surface area is 198 Å². The summed E-state index contributed by atoms with van der Waals surface area (Å²) < 4.78 is 63.9. The zero-order valence-corrected chi connectivity index (χ0v) is 20.2. The molecule has 1 aromatic rings. The van der Waals surface area contributed by atoms with E-state index in [1.807, 2.05) is 0 Å². The maximum Gasteiger partial charge on any atom is 0.416 e. The van der Waals surface area contributed by atoms with Crippen LogP contribution in [-0.4, -0.2) is 31.9 Å². The van der Waals surface area contributed by atoms with Crippen molar-refractivity contribution in [3.05, 3.63) is 34.3 Å². The lowest BCUT2D eigenvalue weighted by Crippen LogP contribution is -2.38. The average Bonchev–Trinajstić information content (AvgIpc) is 3.65. The van der Waals surface area contributed by atoms with Gasteiger partial charge in [0, 0.05) is 6.54 Å². The zero-order valence-electron chi connectivity index (χ0n) is 18.6. The largest absolute Gasteiger partial charge is 0.416 e. The summed E-state index contributed by atoms with van der Waals surface area (Å²) in [7, 11) is -3.04. The van der Waals surface area contributed by atoms with Crippen molar-refractivity contribution in [2.45, 2.75) is 75.6 Å². The maximum absolute atomic E-state index is 12.8. The van der Waals surface area contributed by atoms with Crippen LogP contribution in [0.1, 0.15) is 80.1 Å². The van der Waals surface area contributed by atoms with E-state index in [-0.39, 0.29) is 21.3 Å². The Morgan fingerprint density at radius 3 is 2.24 bits per heavy atom. The standard InChI is InChI=1S/C24H31ClF3NO3S/c25-21-13-18(24(26,27)28)5-6-20(21)22(30)29-12-11-23(14-16-1-2-16)9-7-19(8-10-23)33(31,32)15-17-3-4-17/h5-6,13,16-17,19H,1-4,7-12,14-15H2,(H,29,30). The number of benzene rings is 1. The molecule has 4 nitrogen and oxygen atoms in total. The second-order valence-corrected chi connectivity index (χ2v) is 13.1. The van der Waals surface area contributed by atoms with Gasteiger partial charge < -0.3 is 5.32 Å². The first-order chi connectivity index (χ1) is 15.5. The summed E-state index contributed by atoms with van der Waals surface area (Å²) >= 11 is 5.94. The molecular weight excluding hydrogens is 475 g/mol. The van der Waals surface area contributed by atoms with Crippen molar-refractivity contribution in [1.29, 1.82) is 0 Å². The lowest BCUT2D eigenvalue weighted by Gasteiger charge is -2.40. The minimum absolute atomic E-state index is 0.0178. The van der Waals surface area contributed by atoms with E-state index in [4.69, 9.17) is 11.6 Å². The number of sulfone groups is 1. The Morgan fingerprint density at radius 1 is 1.06 bits per heavy atom. The molecule has 0 unspecified atom stereocenters. The molecule has 3 aliphatic carbocycles. The van der Waals surface area contributed by atoms with Crippen LogP contribution in [0, 0.1) is 17.3 Å². The third-order valence-corrected chi connectivity index (χ3v) is 10.3. The van der Waals surface area contributed by atoms with Gasteiger partial charge in [0.1, 0.15) is 0 Å². The Kier molecular flexibility index (Phi) is 7.08. The summed E-state index contributed by atoms with van der Waals surface area (Å²) in [6.45, 7) is 0.391. The van der Waals surface area contributed by atoms with Crippen molar-refractivity contribution in [3.63, 3.8) is 0 Å². The van der Waals surface area contributed by atoms with Gasteiger partial charge in [-0.15, -0.1) is 0 Å². The average molecular weight is 506 g/mol. The molecule has 4 rings (SSSR count). The molecule has 184 valence electrons. The third-order valence-electron chi connectivity index (χ3n) is 7.57.